The number of rotatable bonds is 2. The maximum atomic E-state index is 11.7. The van der Waals surface area contributed by atoms with Crippen molar-refractivity contribution in [3.05, 3.63) is 31.1 Å². The summed E-state index contributed by atoms with van der Waals surface area (Å²) in [7, 11) is 0. The number of H-pyrrole nitrogens is 1. The highest BCUT2D eigenvalue weighted by molar-refractivity contribution is 9.10. The molecule has 2 rings (SSSR count). The smallest absolute Gasteiger partial charge is 0.282 e. The topological polar surface area (TPSA) is 93.3 Å². The third kappa shape index (κ3) is 1.52. The van der Waals surface area contributed by atoms with E-state index in [9.17, 15) is 14.9 Å². The van der Waals surface area contributed by atoms with E-state index in [0.717, 1.165) is 10.7 Å². The number of thioether (sulfide) groups is 1. The van der Waals surface area contributed by atoms with Crippen LogP contribution in [0.1, 0.15) is 0 Å². The zero-order valence-electron chi connectivity index (χ0n) is 7.93. The maximum Gasteiger partial charge on any atom is 0.354 e. The first kappa shape index (κ1) is 11.1. The number of halogens is 1. The van der Waals surface area contributed by atoms with Gasteiger partial charge < -0.3 is 0 Å². The van der Waals surface area contributed by atoms with Crippen LogP contribution in [0.4, 0.5) is 5.69 Å². The summed E-state index contributed by atoms with van der Waals surface area (Å²) in [6, 6.07) is 0. The summed E-state index contributed by atoms with van der Waals surface area (Å²) in [4.78, 5) is 25.3. The zero-order chi connectivity index (χ0) is 11.9. The first-order valence-corrected chi connectivity index (χ1v) is 6.05. The standard InChI is InChI=1S/C7H5BrN4O3S/c1-16-6-4(8)5-9-2-3(12(14)15)7(13)11(5)10-6/h2,10H,1H3. The molecule has 0 fully saturated rings. The Morgan fingerprint density at radius 3 is 2.94 bits per heavy atom. The Bertz CT molecular complexity index is 634. The molecule has 0 aromatic carbocycles. The summed E-state index contributed by atoms with van der Waals surface area (Å²) in [5.41, 5.74) is -0.949. The van der Waals surface area contributed by atoms with Crippen molar-refractivity contribution >= 4 is 39.0 Å². The van der Waals surface area contributed by atoms with Crippen LogP contribution in [0.3, 0.4) is 0 Å². The summed E-state index contributed by atoms with van der Waals surface area (Å²) >= 11 is 4.64. The van der Waals surface area contributed by atoms with E-state index in [-0.39, 0.29) is 0 Å². The molecule has 7 nitrogen and oxygen atoms in total. The molecule has 0 aliphatic rings. The van der Waals surface area contributed by atoms with Crippen LogP contribution >= 0.6 is 27.7 Å². The summed E-state index contributed by atoms with van der Waals surface area (Å²) in [5.74, 6) is 0. The quantitative estimate of drug-likeness (QED) is 0.514. The van der Waals surface area contributed by atoms with Crippen LogP contribution in [0.2, 0.25) is 0 Å². The van der Waals surface area contributed by atoms with Crippen molar-refractivity contribution in [3.63, 3.8) is 0 Å². The molecule has 2 aromatic heterocycles. The lowest BCUT2D eigenvalue weighted by Crippen LogP contribution is -2.18. The van der Waals surface area contributed by atoms with Crippen molar-refractivity contribution in [1.29, 1.82) is 0 Å². The van der Waals surface area contributed by atoms with Crippen molar-refractivity contribution in [2.45, 2.75) is 5.03 Å². The molecule has 0 spiro atoms. The van der Waals surface area contributed by atoms with Crippen molar-refractivity contribution in [3.8, 4) is 0 Å². The van der Waals surface area contributed by atoms with Crippen molar-refractivity contribution in [2.75, 3.05) is 6.26 Å². The fourth-order valence-corrected chi connectivity index (χ4v) is 2.52. The predicted molar refractivity (Wildman–Crippen MR) is 61.9 cm³/mol. The van der Waals surface area contributed by atoms with Crippen LogP contribution in [-0.4, -0.2) is 25.8 Å². The SMILES string of the molecule is CSc1[nH]n2c(=O)c([N+](=O)[O-])cnc2c1Br. The molecule has 2 heterocycles. The average molecular weight is 305 g/mol. The van der Waals surface area contributed by atoms with Gasteiger partial charge in [-0.2, -0.15) is 4.52 Å². The molecule has 0 saturated heterocycles. The highest BCUT2D eigenvalue weighted by Gasteiger charge is 2.19. The number of hydrogen-bond acceptors (Lipinski definition) is 5. The lowest BCUT2D eigenvalue weighted by Gasteiger charge is -1.92. The largest absolute Gasteiger partial charge is 0.354 e. The maximum absolute atomic E-state index is 11.7. The molecule has 0 radical (unpaired) electrons. The molecular formula is C7H5BrN4O3S. The van der Waals surface area contributed by atoms with E-state index >= 15 is 0 Å². The Hall–Kier alpha value is -1.35. The molecule has 1 N–H and O–H groups in total. The molecule has 0 bridgehead atoms. The monoisotopic (exact) mass is 304 g/mol. The number of aromatic amines is 1. The third-order valence-electron chi connectivity index (χ3n) is 1.95. The number of fused-ring (bicyclic) bond motifs is 1. The van der Waals surface area contributed by atoms with Gasteiger partial charge in [0.1, 0.15) is 11.2 Å². The van der Waals surface area contributed by atoms with E-state index < -0.39 is 16.2 Å². The number of nitro groups is 1. The molecule has 84 valence electrons. The van der Waals surface area contributed by atoms with Crippen molar-refractivity contribution in [1.82, 2.24) is 14.6 Å². The van der Waals surface area contributed by atoms with E-state index in [2.05, 4.69) is 26.0 Å². The number of nitrogens with zero attached hydrogens (tertiary/aromatic N) is 3. The molecule has 0 atom stereocenters. The minimum absolute atomic E-state index is 0.333. The molecule has 9 heteroatoms. The fraction of sp³-hybridized carbons (Fsp3) is 0.143. The molecule has 0 amide bonds. The minimum atomic E-state index is -0.755. The Morgan fingerprint density at radius 1 is 1.69 bits per heavy atom. The van der Waals surface area contributed by atoms with E-state index in [4.69, 9.17) is 0 Å². The Balaban J connectivity index is 2.86. The minimum Gasteiger partial charge on any atom is -0.282 e. The van der Waals surface area contributed by atoms with Gasteiger partial charge in [0.2, 0.25) is 0 Å². The van der Waals surface area contributed by atoms with Gasteiger partial charge in [0.05, 0.1) is 9.40 Å². The average Bonchev–Trinajstić information content (AvgIpc) is 2.57. The van der Waals surface area contributed by atoms with Gasteiger partial charge in [0.15, 0.2) is 5.65 Å². The normalized spacial score (nSPS) is 10.9. The van der Waals surface area contributed by atoms with Gasteiger partial charge in [-0.1, -0.05) is 0 Å². The Morgan fingerprint density at radius 2 is 2.38 bits per heavy atom. The Kier molecular flexibility index (Phi) is 2.72. The van der Waals surface area contributed by atoms with E-state index in [1.807, 2.05) is 6.26 Å². The van der Waals surface area contributed by atoms with E-state index in [0.29, 0.717) is 15.1 Å². The third-order valence-corrected chi connectivity index (χ3v) is 3.67. The lowest BCUT2D eigenvalue weighted by atomic mass is 10.5. The Labute approximate surface area is 101 Å². The van der Waals surface area contributed by atoms with Gasteiger partial charge in [-0.05, 0) is 22.2 Å². The van der Waals surface area contributed by atoms with Crippen LogP contribution in [0.5, 0.6) is 0 Å². The number of nitrogens with one attached hydrogen (secondary N) is 1. The van der Waals surface area contributed by atoms with Gasteiger partial charge in [-0.3, -0.25) is 20.0 Å². The summed E-state index contributed by atoms with van der Waals surface area (Å²) < 4.78 is 1.67. The molecule has 0 saturated carbocycles. The lowest BCUT2D eigenvalue weighted by molar-refractivity contribution is -0.386. The first-order chi connectivity index (χ1) is 7.56. The molecule has 2 aromatic rings. The highest BCUT2D eigenvalue weighted by Crippen LogP contribution is 2.27. The second-order valence-electron chi connectivity index (χ2n) is 2.82. The van der Waals surface area contributed by atoms with Crippen molar-refractivity contribution < 1.29 is 4.92 Å². The zero-order valence-corrected chi connectivity index (χ0v) is 10.3. The molecule has 0 unspecified atom stereocenters. The van der Waals surface area contributed by atoms with Crippen LogP contribution < -0.4 is 5.56 Å². The summed E-state index contributed by atoms with van der Waals surface area (Å²) in [6.45, 7) is 0. The second-order valence-corrected chi connectivity index (χ2v) is 4.43. The van der Waals surface area contributed by atoms with Crippen LogP contribution in [0, 0.1) is 10.1 Å². The summed E-state index contributed by atoms with van der Waals surface area (Å²) in [6.07, 6.45) is 2.77. The van der Waals surface area contributed by atoms with Crippen molar-refractivity contribution in [2.24, 2.45) is 0 Å². The van der Waals surface area contributed by atoms with Crippen LogP contribution in [0.15, 0.2) is 20.5 Å². The first-order valence-electron chi connectivity index (χ1n) is 4.04. The van der Waals surface area contributed by atoms with Gasteiger partial charge in [0.25, 0.3) is 0 Å². The van der Waals surface area contributed by atoms with Crippen LogP contribution in [0.25, 0.3) is 5.65 Å². The predicted octanol–water partition coefficient (Wildman–Crippen LogP) is 1.42. The molecule has 16 heavy (non-hydrogen) atoms. The highest BCUT2D eigenvalue weighted by atomic mass is 79.9. The summed E-state index contributed by atoms with van der Waals surface area (Å²) in [5, 5.41) is 14.0. The van der Waals surface area contributed by atoms with E-state index in [1.54, 1.807) is 0 Å². The molecular weight excluding hydrogens is 300 g/mol. The number of aromatic nitrogens is 3. The van der Waals surface area contributed by atoms with Gasteiger partial charge in [-0.25, -0.2) is 4.98 Å². The molecule has 0 aliphatic carbocycles. The molecule has 0 aliphatic heterocycles. The number of hydrogen-bond donors (Lipinski definition) is 1. The van der Waals surface area contributed by atoms with E-state index in [1.165, 1.54) is 11.8 Å². The van der Waals surface area contributed by atoms with Crippen LogP contribution in [-0.2, 0) is 0 Å². The fourth-order valence-electron chi connectivity index (χ4n) is 1.22. The van der Waals surface area contributed by atoms with Gasteiger partial charge in [0, 0.05) is 0 Å². The van der Waals surface area contributed by atoms with Gasteiger partial charge in [-0.15, -0.1) is 11.8 Å². The van der Waals surface area contributed by atoms with Gasteiger partial charge >= 0.3 is 11.2 Å². The second kappa shape index (κ2) is 3.91.